The van der Waals surface area contributed by atoms with Gasteiger partial charge in [-0.1, -0.05) is 67.9 Å². The number of hydrogen-bond donors (Lipinski definition) is 1. The molecular weight excluding hydrogens is 254 g/mol. The third-order valence-electron chi connectivity index (χ3n) is 4.23. The molecule has 0 aliphatic carbocycles. The van der Waals surface area contributed by atoms with Crippen molar-refractivity contribution in [2.45, 2.75) is 46.1 Å². The fourth-order valence-electron chi connectivity index (χ4n) is 3.22. The summed E-state index contributed by atoms with van der Waals surface area (Å²) < 4.78 is 0. The molecule has 0 heterocycles. The molecule has 112 valence electrons. The summed E-state index contributed by atoms with van der Waals surface area (Å²) in [5.41, 5.74) is 5.57. The zero-order valence-corrected chi connectivity index (χ0v) is 13.7. The Kier molecular flexibility index (Phi) is 5.58. The summed E-state index contributed by atoms with van der Waals surface area (Å²) in [5, 5.41) is 3.67. The fourth-order valence-corrected chi connectivity index (χ4v) is 3.22. The van der Waals surface area contributed by atoms with Crippen molar-refractivity contribution in [3.8, 4) is 0 Å². The van der Waals surface area contributed by atoms with Gasteiger partial charge in [-0.15, -0.1) is 0 Å². The molecule has 2 aromatic carbocycles. The van der Waals surface area contributed by atoms with E-state index in [9.17, 15) is 0 Å². The van der Waals surface area contributed by atoms with Crippen LogP contribution in [0.25, 0.3) is 0 Å². The van der Waals surface area contributed by atoms with Crippen LogP contribution >= 0.6 is 0 Å². The van der Waals surface area contributed by atoms with E-state index in [0.29, 0.717) is 12.0 Å². The second-order valence-electron chi connectivity index (χ2n) is 5.82. The van der Waals surface area contributed by atoms with E-state index in [0.717, 1.165) is 13.0 Å². The van der Waals surface area contributed by atoms with Gasteiger partial charge in [0.05, 0.1) is 0 Å². The minimum atomic E-state index is 0.414. The zero-order chi connectivity index (χ0) is 15.2. The van der Waals surface area contributed by atoms with Crippen molar-refractivity contribution in [1.82, 2.24) is 5.32 Å². The maximum Gasteiger partial charge on any atom is 0.0245 e. The van der Waals surface area contributed by atoms with Crippen LogP contribution in [0.1, 0.15) is 48.4 Å². The molecule has 1 heteroatoms. The van der Waals surface area contributed by atoms with E-state index in [1.807, 2.05) is 0 Å². The number of nitrogens with one attached hydrogen (secondary N) is 1. The van der Waals surface area contributed by atoms with Gasteiger partial charge in [0.1, 0.15) is 0 Å². The third kappa shape index (κ3) is 3.74. The van der Waals surface area contributed by atoms with Crippen molar-refractivity contribution in [3.63, 3.8) is 0 Å². The molecule has 1 N–H and O–H groups in total. The van der Waals surface area contributed by atoms with Crippen LogP contribution in [0.3, 0.4) is 0 Å². The van der Waals surface area contributed by atoms with Crippen molar-refractivity contribution < 1.29 is 0 Å². The van der Waals surface area contributed by atoms with Gasteiger partial charge in [-0.3, -0.25) is 0 Å². The van der Waals surface area contributed by atoms with E-state index in [1.54, 1.807) is 0 Å². The lowest BCUT2D eigenvalue weighted by atomic mass is 9.81. The molecule has 0 amide bonds. The summed E-state index contributed by atoms with van der Waals surface area (Å²) in [7, 11) is 0. The first kappa shape index (κ1) is 15.8. The average molecular weight is 281 g/mol. The van der Waals surface area contributed by atoms with E-state index >= 15 is 0 Å². The second kappa shape index (κ2) is 7.42. The Morgan fingerprint density at radius 2 is 1.67 bits per heavy atom. The summed E-state index contributed by atoms with van der Waals surface area (Å²) >= 11 is 0. The Labute approximate surface area is 129 Å². The van der Waals surface area contributed by atoms with Gasteiger partial charge in [0, 0.05) is 12.0 Å². The SMILES string of the molecule is CCNC(CC)C(c1ccccc1)c1ccc(C)cc1C. The molecule has 2 atom stereocenters. The molecule has 21 heavy (non-hydrogen) atoms. The Balaban J connectivity index is 2.49. The first-order valence-electron chi connectivity index (χ1n) is 8.02. The molecule has 0 radical (unpaired) electrons. The minimum Gasteiger partial charge on any atom is -0.313 e. The highest BCUT2D eigenvalue weighted by Gasteiger charge is 2.24. The van der Waals surface area contributed by atoms with E-state index < -0.39 is 0 Å². The number of likely N-dealkylation sites (N-methyl/N-ethyl adjacent to an activating group) is 1. The Hall–Kier alpha value is -1.60. The van der Waals surface area contributed by atoms with E-state index in [1.165, 1.54) is 22.3 Å². The first-order chi connectivity index (χ1) is 10.2. The van der Waals surface area contributed by atoms with Crippen molar-refractivity contribution in [3.05, 3.63) is 70.8 Å². The lowest BCUT2D eigenvalue weighted by Gasteiger charge is -2.29. The summed E-state index contributed by atoms with van der Waals surface area (Å²) in [6.45, 7) is 9.86. The highest BCUT2D eigenvalue weighted by molar-refractivity contribution is 5.40. The van der Waals surface area contributed by atoms with Crippen LogP contribution in [0.2, 0.25) is 0 Å². The minimum absolute atomic E-state index is 0.414. The van der Waals surface area contributed by atoms with Gasteiger partial charge in [0.2, 0.25) is 0 Å². The van der Waals surface area contributed by atoms with Gasteiger partial charge >= 0.3 is 0 Å². The second-order valence-corrected chi connectivity index (χ2v) is 5.82. The summed E-state index contributed by atoms with van der Waals surface area (Å²) in [5.74, 6) is 0.414. The van der Waals surface area contributed by atoms with Gasteiger partial charge in [0.25, 0.3) is 0 Å². The van der Waals surface area contributed by atoms with Gasteiger partial charge in [0.15, 0.2) is 0 Å². The number of hydrogen-bond acceptors (Lipinski definition) is 1. The lowest BCUT2D eigenvalue weighted by molar-refractivity contribution is 0.465. The molecular formula is C20H27N. The van der Waals surface area contributed by atoms with Crippen LogP contribution < -0.4 is 5.32 Å². The molecule has 2 rings (SSSR count). The molecule has 0 spiro atoms. The molecule has 0 saturated heterocycles. The Morgan fingerprint density at radius 1 is 0.952 bits per heavy atom. The summed E-state index contributed by atoms with van der Waals surface area (Å²) in [6.07, 6.45) is 1.13. The highest BCUT2D eigenvalue weighted by Crippen LogP contribution is 2.32. The number of aryl methyl sites for hydroxylation is 2. The van der Waals surface area contributed by atoms with Crippen molar-refractivity contribution in [1.29, 1.82) is 0 Å². The van der Waals surface area contributed by atoms with Crippen LogP contribution in [0.4, 0.5) is 0 Å². The average Bonchev–Trinajstić information content (AvgIpc) is 2.49. The smallest absolute Gasteiger partial charge is 0.0245 e. The number of benzene rings is 2. The highest BCUT2D eigenvalue weighted by atomic mass is 14.9. The van der Waals surface area contributed by atoms with E-state index in [-0.39, 0.29) is 0 Å². The lowest BCUT2D eigenvalue weighted by Crippen LogP contribution is -2.35. The molecule has 0 aliphatic heterocycles. The maximum absolute atomic E-state index is 3.67. The zero-order valence-electron chi connectivity index (χ0n) is 13.7. The Morgan fingerprint density at radius 3 is 2.24 bits per heavy atom. The molecule has 2 aromatic rings. The topological polar surface area (TPSA) is 12.0 Å². The third-order valence-corrected chi connectivity index (χ3v) is 4.23. The first-order valence-corrected chi connectivity index (χ1v) is 8.02. The summed E-state index contributed by atoms with van der Waals surface area (Å²) in [6, 6.07) is 18.2. The Bertz CT molecular complexity index is 559. The van der Waals surface area contributed by atoms with Gasteiger partial charge in [-0.05, 0) is 43.5 Å². The standard InChI is InChI=1S/C20H27N/c1-5-19(21-6-2)20(17-10-8-7-9-11-17)18-13-12-15(3)14-16(18)4/h7-14,19-21H,5-6H2,1-4H3. The van der Waals surface area contributed by atoms with Gasteiger partial charge in [-0.25, -0.2) is 0 Å². The van der Waals surface area contributed by atoms with Gasteiger partial charge in [-0.2, -0.15) is 0 Å². The van der Waals surface area contributed by atoms with Crippen LogP contribution in [-0.4, -0.2) is 12.6 Å². The largest absolute Gasteiger partial charge is 0.313 e. The molecule has 1 nitrogen and oxygen atoms in total. The van der Waals surface area contributed by atoms with Crippen molar-refractivity contribution in [2.75, 3.05) is 6.54 Å². The molecule has 2 unspecified atom stereocenters. The van der Waals surface area contributed by atoms with Crippen LogP contribution in [0.15, 0.2) is 48.5 Å². The van der Waals surface area contributed by atoms with Crippen LogP contribution in [-0.2, 0) is 0 Å². The quantitative estimate of drug-likeness (QED) is 0.800. The number of rotatable bonds is 6. The summed E-state index contributed by atoms with van der Waals surface area (Å²) in [4.78, 5) is 0. The normalized spacial score (nSPS) is 13.9. The molecule has 0 saturated carbocycles. The predicted molar refractivity (Wildman–Crippen MR) is 92.0 cm³/mol. The monoisotopic (exact) mass is 281 g/mol. The molecule has 0 bridgehead atoms. The van der Waals surface area contributed by atoms with E-state index in [4.69, 9.17) is 0 Å². The fraction of sp³-hybridized carbons (Fsp3) is 0.400. The van der Waals surface area contributed by atoms with Crippen molar-refractivity contribution in [2.24, 2.45) is 0 Å². The molecule has 0 aliphatic rings. The van der Waals surface area contributed by atoms with E-state index in [2.05, 4.69) is 81.5 Å². The van der Waals surface area contributed by atoms with Gasteiger partial charge < -0.3 is 5.32 Å². The maximum atomic E-state index is 3.67. The van der Waals surface area contributed by atoms with Crippen LogP contribution in [0, 0.1) is 13.8 Å². The molecule has 0 fully saturated rings. The predicted octanol–water partition coefficient (Wildman–Crippen LogP) is 4.82. The molecule has 0 aromatic heterocycles. The van der Waals surface area contributed by atoms with Crippen molar-refractivity contribution >= 4 is 0 Å². The van der Waals surface area contributed by atoms with Crippen LogP contribution in [0.5, 0.6) is 0 Å².